The second-order valence-corrected chi connectivity index (χ2v) is 10.9. The molecule has 3 atom stereocenters. The first-order chi connectivity index (χ1) is 18.6. The molecule has 1 aliphatic heterocycles. The Bertz CT molecular complexity index is 1610. The summed E-state index contributed by atoms with van der Waals surface area (Å²) in [6.07, 6.45) is -0.574. The van der Waals surface area contributed by atoms with Crippen LogP contribution in [0.1, 0.15) is 36.1 Å². The molecule has 0 bridgehead atoms. The molecule has 1 aliphatic rings. The summed E-state index contributed by atoms with van der Waals surface area (Å²) in [6, 6.07) is 25.2. The number of phenolic OH excluding ortho intramolecular Hbond substituents is 1. The van der Waals surface area contributed by atoms with Gasteiger partial charge in [-0.05, 0) is 60.4 Å². The quantitative estimate of drug-likeness (QED) is 0.194. The van der Waals surface area contributed by atoms with Crippen LogP contribution in [0, 0.1) is 11.7 Å². The molecule has 7 nitrogen and oxygen atoms in total. The van der Waals surface area contributed by atoms with Crippen molar-refractivity contribution in [3.05, 3.63) is 114 Å². The number of nitrogens with zero attached hydrogens (tertiary/aromatic N) is 1. The number of rotatable bonds is 8. The van der Waals surface area contributed by atoms with Gasteiger partial charge in [-0.25, -0.2) is 4.39 Å². The first-order valence-corrected chi connectivity index (χ1v) is 13.8. The van der Waals surface area contributed by atoms with Crippen molar-refractivity contribution in [2.24, 2.45) is 5.92 Å². The fourth-order valence-corrected chi connectivity index (χ4v) is 5.59. The Balaban J connectivity index is 1.43. The molecule has 9 heteroatoms. The van der Waals surface area contributed by atoms with Crippen LogP contribution in [0.2, 0.25) is 0 Å². The zero-order chi connectivity index (χ0) is 27.7. The van der Waals surface area contributed by atoms with Gasteiger partial charge in [0.2, 0.25) is 5.91 Å². The van der Waals surface area contributed by atoms with Crippen molar-refractivity contribution in [3.8, 4) is 16.9 Å². The van der Waals surface area contributed by atoms with Crippen molar-refractivity contribution < 1.29 is 32.4 Å². The number of aromatic hydroxyl groups is 1. The third kappa shape index (κ3) is 5.29. The maximum atomic E-state index is 14.2. The molecule has 1 heterocycles. The van der Waals surface area contributed by atoms with Gasteiger partial charge in [0.15, 0.2) is 0 Å². The highest BCUT2D eigenvalue weighted by molar-refractivity contribution is 7.85. The molecule has 5 rings (SSSR count). The topological polar surface area (TPSA) is 115 Å². The van der Waals surface area contributed by atoms with Gasteiger partial charge in [0.05, 0.1) is 23.0 Å². The number of phenols is 1. The molecule has 39 heavy (non-hydrogen) atoms. The number of halogens is 1. The summed E-state index contributed by atoms with van der Waals surface area (Å²) in [5.74, 6) is -1.19. The van der Waals surface area contributed by atoms with E-state index in [1.54, 1.807) is 35.2 Å². The van der Waals surface area contributed by atoms with Crippen molar-refractivity contribution in [1.82, 2.24) is 0 Å². The van der Waals surface area contributed by atoms with Crippen LogP contribution in [0.4, 0.5) is 10.1 Å². The van der Waals surface area contributed by atoms with Crippen LogP contribution >= 0.6 is 0 Å². The van der Waals surface area contributed by atoms with Crippen LogP contribution < -0.4 is 4.90 Å². The van der Waals surface area contributed by atoms with E-state index in [4.69, 9.17) is 0 Å². The second-order valence-electron chi connectivity index (χ2n) is 9.49. The molecule has 0 saturated carbocycles. The van der Waals surface area contributed by atoms with Crippen LogP contribution in [0.5, 0.6) is 5.75 Å². The minimum atomic E-state index is -4.34. The highest BCUT2D eigenvalue weighted by atomic mass is 32.2. The van der Waals surface area contributed by atoms with E-state index < -0.39 is 34.0 Å². The molecular weight excluding hydrogens is 521 g/mol. The van der Waals surface area contributed by atoms with Crippen molar-refractivity contribution in [2.75, 3.05) is 4.90 Å². The minimum absolute atomic E-state index is 0.0652. The molecule has 4 aromatic rings. The van der Waals surface area contributed by atoms with E-state index >= 15 is 0 Å². The first kappa shape index (κ1) is 26.6. The summed E-state index contributed by atoms with van der Waals surface area (Å²) in [4.78, 5) is 14.7. The van der Waals surface area contributed by atoms with E-state index in [1.807, 2.05) is 30.3 Å². The normalized spacial score (nSPS) is 18.0. The lowest BCUT2D eigenvalue weighted by Crippen LogP contribution is -2.55. The molecule has 1 fully saturated rings. The summed E-state index contributed by atoms with van der Waals surface area (Å²) >= 11 is 0. The lowest BCUT2D eigenvalue weighted by atomic mass is 9.78. The van der Waals surface area contributed by atoms with Gasteiger partial charge in [-0.1, -0.05) is 60.7 Å². The van der Waals surface area contributed by atoms with E-state index in [1.165, 1.54) is 36.4 Å². The standard InChI is InChI=1S/C30H26FNO6S/c31-26-9-5-4-8-24(26)27(33)17-16-25-29(32(30(25)35)21-6-2-1-3-7-21)20-12-15-23(28(34)18-20)19-10-13-22(14-11-19)39(36,37)38/h1-15,18,25,27,29,33-34H,16-17H2,(H,36,37,38)/t25-,27+,29-/m1/s1. The van der Waals surface area contributed by atoms with E-state index in [9.17, 15) is 32.4 Å². The average molecular weight is 548 g/mol. The Labute approximate surface area is 225 Å². The Morgan fingerprint density at radius 2 is 1.56 bits per heavy atom. The molecule has 200 valence electrons. The average Bonchev–Trinajstić information content (AvgIpc) is 2.92. The molecule has 1 saturated heterocycles. The third-order valence-corrected chi connectivity index (χ3v) is 7.96. The smallest absolute Gasteiger partial charge is 0.294 e. The summed E-state index contributed by atoms with van der Waals surface area (Å²) in [7, 11) is -4.34. The Kier molecular flexibility index (Phi) is 7.22. The van der Waals surface area contributed by atoms with Crippen LogP contribution in [-0.4, -0.2) is 29.1 Å². The number of amides is 1. The SMILES string of the molecule is O=C1[C@H](CC[C@H](O)c2ccccc2F)[C@@H](c2ccc(-c3ccc(S(=O)(=O)O)cc3)c(O)c2)N1c1ccccc1. The van der Waals surface area contributed by atoms with Crippen LogP contribution in [0.3, 0.4) is 0 Å². The predicted molar refractivity (Wildman–Crippen MR) is 144 cm³/mol. The van der Waals surface area contributed by atoms with Crippen molar-refractivity contribution in [1.29, 1.82) is 0 Å². The molecule has 0 aromatic heterocycles. The first-order valence-electron chi connectivity index (χ1n) is 12.4. The third-order valence-electron chi connectivity index (χ3n) is 7.09. The molecule has 4 aromatic carbocycles. The number of hydrogen-bond donors (Lipinski definition) is 3. The van der Waals surface area contributed by atoms with Gasteiger partial charge in [0.25, 0.3) is 10.1 Å². The Morgan fingerprint density at radius 1 is 0.897 bits per heavy atom. The summed E-state index contributed by atoms with van der Waals surface area (Å²) < 4.78 is 46.1. The highest BCUT2D eigenvalue weighted by Crippen LogP contribution is 2.47. The monoisotopic (exact) mass is 547 g/mol. The van der Waals surface area contributed by atoms with Gasteiger partial charge in [0, 0.05) is 16.8 Å². The van der Waals surface area contributed by atoms with Gasteiger partial charge in [0.1, 0.15) is 11.6 Å². The fraction of sp³-hybridized carbons (Fsp3) is 0.167. The van der Waals surface area contributed by atoms with E-state index in [-0.39, 0.29) is 28.5 Å². The highest BCUT2D eigenvalue weighted by Gasteiger charge is 2.48. The molecule has 3 N–H and O–H groups in total. The van der Waals surface area contributed by atoms with Crippen LogP contribution in [0.25, 0.3) is 11.1 Å². The van der Waals surface area contributed by atoms with E-state index in [2.05, 4.69) is 0 Å². The number of carbonyl (C=O) groups is 1. The zero-order valence-electron chi connectivity index (χ0n) is 20.7. The molecule has 0 aliphatic carbocycles. The maximum Gasteiger partial charge on any atom is 0.294 e. The summed E-state index contributed by atoms with van der Waals surface area (Å²) in [5, 5.41) is 21.5. The summed E-state index contributed by atoms with van der Waals surface area (Å²) in [6.45, 7) is 0. The molecular formula is C30H26FNO6S. The number of β-lactam (4-membered cyclic amide) rings is 1. The van der Waals surface area contributed by atoms with Crippen molar-refractivity contribution in [3.63, 3.8) is 0 Å². The fourth-order valence-electron chi connectivity index (χ4n) is 5.11. The number of anilines is 1. The van der Waals surface area contributed by atoms with Crippen molar-refractivity contribution >= 4 is 21.7 Å². The molecule has 1 amide bonds. The zero-order valence-corrected chi connectivity index (χ0v) is 21.5. The number of benzene rings is 4. The van der Waals surface area contributed by atoms with Crippen LogP contribution in [0.15, 0.2) is 102 Å². The van der Waals surface area contributed by atoms with Gasteiger partial charge >= 0.3 is 0 Å². The van der Waals surface area contributed by atoms with E-state index in [0.29, 0.717) is 28.8 Å². The molecule has 0 unspecified atom stereocenters. The van der Waals surface area contributed by atoms with Gasteiger partial charge < -0.3 is 15.1 Å². The van der Waals surface area contributed by atoms with Crippen LogP contribution in [-0.2, 0) is 14.9 Å². The predicted octanol–water partition coefficient (Wildman–Crippen LogP) is 5.66. The number of aliphatic hydroxyl groups excluding tert-OH is 1. The van der Waals surface area contributed by atoms with Gasteiger partial charge in [-0.3, -0.25) is 9.35 Å². The number of para-hydroxylation sites is 1. The molecule has 0 radical (unpaired) electrons. The lowest BCUT2D eigenvalue weighted by Gasteiger charge is -2.48. The largest absolute Gasteiger partial charge is 0.507 e. The summed E-state index contributed by atoms with van der Waals surface area (Å²) in [5.41, 5.74) is 2.55. The van der Waals surface area contributed by atoms with Gasteiger partial charge in [-0.15, -0.1) is 0 Å². The molecule has 0 spiro atoms. The Morgan fingerprint density at radius 3 is 2.21 bits per heavy atom. The van der Waals surface area contributed by atoms with Crippen molar-refractivity contribution in [2.45, 2.75) is 29.9 Å². The second kappa shape index (κ2) is 10.6. The number of carbonyl (C=O) groups excluding carboxylic acids is 1. The number of hydrogen-bond acceptors (Lipinski definition) is 5. The maximum absolute atomic E-state index is 14.2. The van der Waals surface area contributed by atoms with E-state index in [0.717, 1.165) is 0 Å². The van der Waals surface area contributed by atoms with Gasteiger partial charge in [-0.2, -0.15) is 8.42 Å². The minimum Gasteiger partial charge on any atom is -0.507 e. The Hall–Kier alpha value is -4.05. The number of aliphatic hydroxyl groups is 1. The lowest BCUT2D eigenvalue weighted by molar-refractivity contribution is -0.131.